The fourth-order valence-electron chi connectivity index (χ4n) is 1.73. The summed E-state index contributed by atoms with van der Waals surface area (Å²) in [6.07, 6.45) is 0.256. The Balaban J connectivity index is 2.64. The summed E-state index contributed by atoms with van der Waals surface area (Å²) in [6, 6.07) is 4.57. The largest absolute Gasteiger partial charge is 0.466 e. The molecule has 1 aromatic rings. The summed E-state index contributed by atoms with van der Waals surface area (Å²) in [5, 5.41) is 11.3. The Morgan fingerprint density at radius 1 is 1.50 bits per heavy atom. The van der Waals surface area contributed by atoms with Gasteiger partial charge in [-0.2, -0.15) is 0 Å². The van der Waals surface area contributed by atoms with Crippen LogP contribution in [0.4, 0.5) is 5.69 Å². The average molecular weight is 301 g/mol. The zero-order valence-corrected chi connectivity index (χ0v) is 12.2. The molecule has 0 spiro atoms. The van der Waals surface area contributed by atoms with Gasteiger partial charge in [0.1, 0.15) is 0 Å². The third-order valence-electron chi connectivity index (χ3n) is 2.69. The number of esters is 1. The molecule has 0 fully saturated rings. The van der Waals surface area contributed by atoms with Gasteiger partial charge in [0.05, 0.1) is 18.0 Å². The Morgan fingerprint density at radius 3 is 2.80 bits per heavy atom. The lowest BCUT2D eigenvalue weighted by molar-refractivity contribution is -0.385. The topological polar surface area (TPSA) is 72.7 Å². The number of nitrogens with zero attached hydrogens (tertiary/aromatic N) is 2. The number of nitro groups is 1. The fourth-order valence-corrected chi connectivity index (χ4v) is 1.89. The molecule has 0 saturated carbocycles. The maximum Gasteiger partial charge on any atom is 0.307 e. The number of benzene rings is 1. The smallest absolute Gasteiger partial charge is 0.307 e. The molecule has 110 valence electrons. The van der Waals surface area contributed by atoms with Crippen molar-refractivity contribution in [3.8, 4) is 0 Å². The van der Waals surface area contributed by atoms with Crippen LogP contribution in [0.3, 0.4) is 0 Å². The molecule has 0 bridgehead atoms. The molecule has 0 heterocycles. The molecule has 1 aromatic carbocycles. The minimum absolute atomic E-state index is 0.0134. The van der Waals surface area contributed by atoms with Crippen molar-refractivity contribution in [1.82, 2.24) is 4.90 Å². The molecule has 0 aliphatic heterocycles. The highest BCUT2D eigenvalue weighted by molar-refractivity contribution is 6.30. The van der Waals surface area contributed by atoms with Crippen LogP contribution in [0.2, 0.25) is 5.02 Å². The SMILES string of the molecule is CCOC(=O)CCN(C)Cc1ccc(Cl)cc1[N+](=O)[O-]. The first-order valence-corrected chi connectivity index (χ1v) is 6.58. The van der Waals surface area contributed by atoms with Crippen LogP contribution in [0.5, 0.6) is 0 Å². The molecule has 0 atom stereocenters. The first-order chi connectivity index (χ1) is 9.43. The fraction of sp³-hybridized carbons (Fsp3) is 0.462. The Kier molecular flexibility index (Phi) is 6.41. The molecule has 0 N–H and O–H groups in total. The van der Waals surface area contributed by atoms with Gasteiger partial charge in [-0.3, -0.25) is 14.9 Å². The van der Waals surface area contributed by atoms with E-state index in [1.807, 2.05) is 4.90 Å². The van der Waals surface area contributed by atoms with E-state index < -0.39 is 4.92 Å². The highest BCUT2D eigenvalue weighted by Gasteiger charge is 2.16. The Morgan fingerprint density at radius 2 is 2.20 bits per heavy atom. The molecule has 1 rings (SSSR count). The Hall–Kier alpha value is -1.66. The van der Waals surface area contributed by atoms with E-state index in [2.05, 4.69) is 0 Å². The lowest BCUT2D eigenvalue weighted by Crippen LogP contribution is -2.22. The predicted octanol–water partition coefficient (Wildman–Crippen LogP) is 2.63. The normalized spacial score (nSPS) is 10.6. The van der Waals surface area contributed by atoms with E-state index >= 15 is 0 Å². The van der Waals surface area contributed by atoms with Crippen LogP contribution in [-0.4, -0.2) is 36.0 Å². The highest BCUT2D eigenvalue weighted by Crippen LogP contribution is 2.24. The number of carbonyl (C=O) groups excluding carboxylic acids is 1. The van der Waals surface area contributed by atoms with Crippen LogP contribution < -0.4 is 0 Å². The third-order valence-corrected chi connectivity index (χ3v) is 2.92. The van der Waals surface area contributed by atoms with Gasteiger partial charge in [0.15, 0.2) is 0 Å². The summed E-state index contributed by atoms with van der Waals surface area (Å²) >= 11 is 5.76. The summed E-state index contributed by atoms with van der Waals surface area (Å²) in [4.78, 5) is 23.6. The zero-order chi connectivity index (χ0) is 15.1. The summed E-state index contributed by atoms with van der Waals surface area (Å²) in [6.45, 7) is 2.94. The average Bonchev–Trinajstić information content (AvgIpc) is 2.38. The summed E-state index contributed by atoms with van der Waals surface area (Å²) in [5.41, 5.74) is 0.547. The van der Waals surface area contributed by atoms with Gasteiger partial charge in [0.2, 0.25) is 0 Å². The van der Waals surface area contributed by atoms with Crippen molar-refractivity contribution in [2.24, 2.45) is 0 Å². The van der Waals surface area contributed by atoms with Crippen molar-refractivity contribution in [2.45, 2.75) is 19.9 Å². The highest BCUT2D eigenvalue weighted by atomic mass is 35.5. The molecular formula is C13H17ClN2O4. The quantitative estimate of drug-likeness (QED) is 0.440. The van der Waals surface area contributed by atoms with Gasteiger partial charge in [0, 0.05) is 29.7 Å². The predicted molar refractivity (Wildman–Crippen MR) is 75.7 cm³/mol. The second kappa shape index (κ2) is 7.81. The van der Waals surface area contributed by atoms with E-state index in [4.69, 9.17) is 16.3 Å². The van der Waals surface area contributed by atoms with E-state index in [1.165, 1.54) is 6.07 Å². The van der Waals surface area contributed by atoms with Crippen LogP contribution >= 0.6 is 11.6 Å². The molecular weight excluding hydrogens is 284 g/mol. The van der Waals surface area contributed by atoms with Crippen molar-refractivity contribution in [2.75, 3.05) is 20.2 Å². The molecule has 0 aliphatic carbocycles. The standard InChI is InChI=1S/C13H17ClN2O4/c1-3-20-13(17)6-7-15(2)9-10-4-5-11(14)8-12(10)16(18)19/h4-5,8H,3,6-7,9H2,1-2H3. The van der Waals surface area contributed by atoms with Gasteiger partial charge in [-0.1, -0.05) is 11.6 Å². The van der Waals surface area contributed by atoms with Crippen molar-refractivity contribution in [3.05, 3.63) is 38.9 Å². The number of carbonyl (C=O) groups is 1. The first-order valence-electron chi connectivity index (χ1n) is 6.21. The molecule has 0 unspecified atom stereocenters. The van der Waals surface area contributed by atoms with E-state index in [9.17, 15) is 14.9 Å². The number of ether oxygens (including phenoxy) is 1. The van der Waals surface area contributed by atoms with Gasteiger partial charge in [-0.05, 0) is 26.1 Å². The van der Waals surface area contributed by atoms with Crippen molar-refractivity contribution >= 4 is 23.3 Å². The number of hydrogen-bond acceptors (Lipinski definition) is 5. The molecule has 0 amide bonds. The molecule has 0 aromatic heterocycles. The number of rotatable bonds is 7. The van der Waals surface area contributed by atoms with Crippen LogP contribution in [0.1, 0.15) is 18.9 Å². The van der Waals surface area contributed by atoms with Crippen LogP contribution in [0.15, 0.2) is 18.2 Å². The van der Waals surface area contributed by atoms with E-state index in [1.54, 1.807) is 26.1 Å². The van der Waals surface area contributed by atoms with Gasteiger partial charge < -0.3 is 9.64 Å². The van der Waals surface area contributed by atoms with E-state index in [0.717, 1.165) is 0 Å². The summed E-state index contributed by atoms with van der Waals surface area (Å²) in [7, 11) is 1.79. The third kappa shape index (κ3) is 5.14. The second-order valence-corrected chi connectivity index (χ2v) is 4.76. The maximum absolute atomic E-state index is 11.2. The maximum atomic E-state index is 11.2. The van der Waals surface area contributed by atoms with E-state index in [0.29, 0.717) is 30.3 Å². The summed E-state index contributed by atoms with van der Waals surface area (Å²) in [5.74, 6) is -0.273. The van der Waals surface area contributed by atoms with Crippen molar-refractivity contribution in [1.29, 1.82) is 0 Å². The first kappa shape index (κ1) is 16.4. The van der Waals surface area contributed by atoms with Gasteiger partial charge in [-0.25, -0.2) is 0 Å². The lowest BCUT2D eigenvalue weighted by Gasteiger charge is -2.16. The molecule has 7 heteroatoms. The molecule has 0 aliphatic rings. The minimum atomic E-state index is -0.458. The molecule has 0 saturated heterocycles. The zero-order valence-electron chi connectivity index (χ0n) is 11.5. The van der Waals surface area contributed by atoms with Gasteiger partial charge in [0.25, 0.3) is 5.69 Å². The summed E-state index contributed by atoms with van der Waals surface area (Å²) < 4.78 is 4.83. The minimum Gasteiger partial charge on any atom is -0.466 e. The Bertz CT molecular complexity index is 493. The van der Waals surface area contributed by atoms with Crippen molar-refractivity contribution in [3.63, 3.8) is 0 Å². The number of halogens is 1. The molecule has 6 nitrogen and oxygen atoms in total. The van der Waals surface area contributed by atoms with E-state index in [-0.39, 0.29) is 18.1 Å². The van der Waals surface area contributed by atoms with Gasteiger partial charge in [-0.15, -0.1) is 0 Å². The van der Waals surface area contributed by atoms with Crippen molar-refractivity contribution < 1.29 is 14.5 Å². The number of hydrogen-bond donors (Lipinski definition) is 0. The van der Waals surface area contributed by atoms with Crippen LogP contribution in [0.25, 0.3) is 0 Å². The monoisotopic (exact) mass is 300 g/mol. The molecule has 20 heavy (non-hydrogen) atoms. The Labute approximate surface area is 122 Å². The van der Waals surface area contributed by atoms with Crippen LogP contribution in [-0.2, 0) is 16.1 Å². The second-order valence-electron chi connectivity index (χ2n) is 4.32. The lowest BCUT2D eigenvalue weighted by atomic mass is 10.1. The number of nitro benzene ring substituents is 1. The van der Waals surface area contributed by atoms with Gasteiger partial charge >= 0.3 is 5.97 Å². The molecule has 0 radical (unpaired) electrons. The van der Waals surface area contributed by atoms with Crippen LogP contribution in [0, 0.1) is 10.1 Å².